The van der Waals surface area contributed by atoms with Crippen molar-refractivity contribution in [3.8, 4) is 0 Å². The highest BCUT2D eigenvalue weighted by Gasteiger charge is 2.26. The van der Waals surface area contributed by atoms with Crippen LogP contribution in [0, 0.1) is 5.92 Å². The number of piperidine rings is 1. The van der Waals surface area contributed by atoms with Crippen molar-refractivity contribution in [1.82, 2.24) is 4.90 Å². The second-order valence-electron chi connectivity index (χ2n) is 6.32. The minimum Gasteiger partial charge on any atom is -0.298 e. The van der Waals surface area contributed by atoms with Gasteiger partial charge in [0.15, 0.2) is 11.6 Å². The molecular weight excluding hydrogens is 342 g/mol. The predicted octanol–water partition coefficient (Wildman–Crippen LogP) is 4.70. The SMILES string of the molecule is CC(=O)c1cc(CN2CCC[C@H](C(=O)c3ccc(Cl)cc3)C2)cs1. The van der Waals surface area contributed by atoms with Crippen LogP contribution in [0.5, 0.6) is 0 Å². The predicted molar refractivity (Wildman–Crippen MR) is 98.1 cm³/mol. The van der Waals surface area contributed by atoms with Gasteiger partial charge in [0.05, 0.1) is 4.88 Å². The number of Topliss-reactive ketones (excluding diaryl/α,β-unsaturated/α-hetero) is 2. The molecule has 0 saturated carbocycles. The Kier molecular flexibility index (Phi) is 5.49. The van der Waals surface area contributed by atoms with E-state index in [9.17, 15) is 9.59 Å². The number of benzene rings is 1. The Balaban J connectivity index is 1.64. The number of carbonyl (C=O) groups excluding carboxylic acids is 2. The molecule has 1 aliphatic heterocycles. The molecule has 2 aromatic rings. The van der Waals surface area contributed by atoms with E-state index in [4.69, 9.17) is 11.6 Å². The van der Waals surface area contributed by atoms with Gasteiger partial charge < -0.3 is 0 Å². The van der Waals surface area contributed by atoms with E-state index in [-0.39, 0.29) is 17.5 Å². The Labute approximate surface area is 151 Å². The third-order valence-electron chi connectivity index (χ3n) is 4.41. The van der Waals surface area contributed by atoms with Crippen molar-refractivity contribution in [1.29, 1.82) is 0 Å². The van der Waals surface area contributed by atoms with Crippen molar-refractivity contribution in [2.24, 2.45) is 5.92 Å². The van der Waals surface area contributed by atoms with Crippen LogP contribution in [-0.2, 0) is 6.54 Å². The molecule has 1 fully saturated rings. The smallest absolute Gasteiger partial charge is 0.169 e. The summed E-state index contributed by atoms with van der Waals surface area (Å²) in [6.45, 7) is 4.16. The molecule has 0 aliphatic carbocycles. The van der Waals surface area contributed by atoms with Crippen molar-refractivity contribution in [2.45, 2.75) is 26.3 Å². The van der Waals surface area contributed by atoms with Gasteiger partial charge in [0.25, 0.3) is 0 Å². The molecule has 1 saturated heterocycles. The lowest BCUT2D eigenvalue weighted by atomic mass is 9.90. The summed E-state index contributed by atoms with van der Waals surface area (Å²) in [5.41, 5.74) is 1.89. The summed E-state index contributed by atoms with van der Waals surface area (Å²) in [4.78, 5) is 27.2. The van der Waals surface area contributed by atoms with Crippen molar-refractivity contribution in [2.75, 3.05) is 13.1 Å². The number of thiophene rings is 1. The molecule has 0 amide bonds. The van der Waals surface area contributed by atoms with E-state index < -0.39 is 0 Å². The Morgan fingerprint density at radius 1 is 1.29 bits per heavy atom. The van der Waals surface area contributed by atoms with Crippen molar-refractivity contribution >= 4 is 34.5 Å². The highest BCUT2D eigenvalue weighted by Crippen LogP contribution is 2.24. The summed E-state index contributed by atoms with van der Waals surface area (Å²) in [5.74, 6) is 0.345. The zero-order chi connectivity index (χ0) is 17.1. The van der Waals surface area contributed by atoms with Gasteiger partial charge in [0.1, 0.15) is 0 Å². The Morgan fingerprint density at radius 3 is 2.71 bits per heavy atom. The summed E-state index contributed by atoms with van der Waals surface area (Å²) >= 11 is 7.39. The second-order valence-corrected chi connectivity index (χ2v) is 7.67. The van der Waals surface area contributed by atoms with Crippen LogP contribution in [0.1, 0.15) is 45.4 Å². The molecule has 1 aromatic heterocycles. The first-order valence-corrected chi connectivity index (χ1v) is 9.39. The second kappa shape index (κ2) is 7.60. The number of nitrogens with zero attached hydrogens (tertiary/aromatic N) is 1. The summed E-state index contributed by atoms with van der Waals surface area (Å²) in [6, 6.07) is 9.12. The Morgan fingerprint density at radius 2 is 2.04 bits per heavy atom. The fraction of sp³-hybridized carbons (Fsp3) is 0.368. The van der Waals surface area contributed by atoms with Crippen LogP contribution in [0.4, 0.5) is 0 Å². The first kappa shape index (κ1) is 17.3. The largest absolute Gasteiger partial charge is 0.298 e. The summed E-state index contributed by atoms with van der Waals surface area (Å²) in [7, 11) is 0. The molecule has 2 heterocycles. The van der Waals surface area contributed by atoms with Crippen LogP contribution in [0.25, 0.3) is 0 Å². The highest BCUT2D eigenvalue weighted by atomic mass is 35.5. The van der Waals surface area contributed by atoms with Crippen molar-refractivity contribution in [3.05, 3.63) is 56.7 Å². The van der Waals surface area contributed by atoms with Gasteiger partial charge in [0, 0.05) is 29.6 Å². The number of hydrogen-bond acceptors (Lipinski definition) is 4. The molecule has 3 rings (SSSR count). The summed E-state index contributed by atoms with van der Waals surface area (Å²) in [5, 5.41) is 2.69. The van der Waals surface area contributed by atoms with E-state index in [1.807, 2.05) is 23.6 Å². The average molecular weight is 362 g/mol. The van der Waals surface area contributed by atoms with E-state index >= 15 is 0 Å². The fourth-order valence-electron chi connectivity index (χ4n) is 3.16. The van der Waals surface area contributed by atoms with E-state index in [0.29, 0.717) is 5.02 Å². The normalized spacial score (nSPS) is 18.5. The lowest BCUT2D eigenvalue weighted by Gasteiger charge is -2.31. The number of halogens is 1. The molecule has 126 valence electrons. The Bertz CT molecular complexity index is 738. The minimum atomic E-state index is 0.0332. The van der Waals surface area contributed by atoms with Gasteiger partial charge in [-0.25, -0.2) is 0 Å². The van der Waals surface area contributed by atoms with Crippen LogP contribution in [0.3, 0.4) is 0 Å². The average Bonchev–Trinajstić information content (AvgIpc) is 3.04. The van der Waals surface area contributed by atoms with Gasteiger partial charge >= 0.3 is 0 Å². The van der Waals surface area contributed by atoms with Crippen LogP contribution in [0.15, 0.2) is 35.7 Å². The standard InChI is InChI=1S/C19H20ClNO2S/c1-13(22)18-9-14(12-24-18)10-21-8-2-3-16(11-21)19(23)15-4-6-17(20)7-5-15/h4-7,9,12,16H,2-3,8,10-11H2,1H3/t16-/m0/s1. The molecule has 0 bridgehead atoms. The lowest BCUT2D eigenvalue weighted by molar-refractivity contribution is 0.0811. The van der Waals surface area contributed by atoms with Crippen molar-refractivity contribution in [3.63, 3.8) is 0 Å². The summed E-state index contributed by atoms with van der Waals surface area (Å²) < 4.78 is 0. The maximum absolute atomic E-state index is 12.7. The third-order valence-corrected chi connectivity index (χ3v) is 5.74. The van der Waals surface area contributed by atoms with Crippen LogP contribution < -0.4 is 0 Å². The van der Waals surface area contributed by atoms with Crippen LogP contribution in [0.2, 0.25) is 5.02 Å². The van der Waals surface area contributed by atoms with Gasteiger partial charge in [-0.05, 0) is 67.6 Å². The van der Waals surface area contributed by atoms with Gasteiger partial charge in [-0.3, -0.25) is 14.5 Å². The number of ketones is 2. The Hall–Kier alpha value is -1.49. The van der Waals surface area contributed by atoms with Gasteiger partial charge in [-0.1, -0.05) is 11.6 Å². The van der Waals surface area contributed by atoms with E-state index in [0.717, 1.165) is 48.5 Å². The van der Waals surface area contributed by atoms with Crippen LogP contribution in [-0.4, -0.2) is 29.6 Å². The highest BCUT2D eigenvalue weighted by molar-refractivity contribution is 7.12. The van der Waals surface area contributed by atoms with Crippen LogP contribution >= 0.6 is 22.9 Å². The van der Waals surface area contributed by atoms with Gasteiger partial charge in [-0.15, -0.1) is 11.3 Å². The maximum atomic E-state index is 12.7. The molecule has 1 atom stereocenters. The van der Waals surface area contributed by atoms with E-state index in [1.165, 1.54) is 11.3 Å². The maximum Gasteiger partial charge on any atom is 0.169 e. The number of rotatable bonds is 5. The molecule has 0 N–H and O–H groups in total. The zero-order valence-electron chi connectivity index (χ0n) is 13.6. The first-order valence-electron chi connectivity index (χ1n) is 8.13. The minimum absolute atomic E-state index is 0.0332. The molecule has 0 unspecified atom stereocenters. The molecule has 1 aliphatic rings. The molecule has 24 heavy (non-hydrogen) atoms. The van der Waals surface area contributed by atoms with Gasteiger partial charge in [-0.2, -0.15) is 0 Å². The zero-order valence-corrected chi connectivity index (χ0v) is 15.2. The third kappa shape index (κ3) is 4.12. The van der Waals surface area contributed by atoms with E-state index in [2.05, 4.69) is 4.90 Å². The molecule has 0 radical (unpaired) electrons. The fourth-order valence-corrected chi connectivity index (χ4v) is 4.10. The molecule has 5 heteroatoms. The number of hydrogen-bond donors (Lipinski definition) is 0. The summed E-state index contributed by atoms with van der Waals surface area (Å²) in [6.07, 6.45) is 1.95. The van der Waals surface area contributed by atoms with Crippen molar-refractivity contribution < 1.29 is 9.59 Å². The quantitative estimate of drug-likeness (QED) is 0.724. The lowest BCUT2D eigenvalue weighted by Crippen LogP contribution is -2.38. The van der Waals surface area contributed by atoms with E-state index in [1.54, 1.807) is 19.1 Å². The number of likely N-dealkylation sites (tertiary alicyclic amines) is 1. The molecule has 1 aromatic carbocycles. The number of carbonyl (C=O) groups is 2. The molecule has 3 nitrogen and oxygen atoms in total. The van der Waals surface area contributed by atoms with Gasteiger partial charge in [0.2, 0.25) is 0 Å². The first-order chi connectivity index (χ1) is 11.5. The molecule has 0 spiro atoms. The monoisotopic (exact) mass is 361 g/mol. The molecular formula is C19H20ClNO2S. The topological polar surface area (TPSA) is 37.4 Å².